The number of nitrogens with zero attached hydrogens (tertiary/aromatic N) is 1. The molecule has 112 valence electrons. The van der Waals surface area contributed by atoms with E-state index in [9.17, 15) is 0 Å². The number of fused-ring (bicyclic) bond motifs is 3. The Morgan fingerprint density at radius 3 is 2.67 bits per heavy atom. The molecule has 1 aromatic rings. The Kier molecular flexibility index (Phi) is 3.36. The van der Waals surface area contributed by atoms with Gasteiger partial charge in [-0.2, -0.15) is 0 Å². The molecular weight excluding hydrogens is 258 g/mol. The van der Waals surface area contributed by atoms with Crippen molar-refractivity contribution in [3.63, 3.8) is 0 Å². The zero-order valence-electron chi connectivity index (χ0n) is 12.6. The Balaban J connectivity index is 1.38. The van der Waals surface area contributed by atoms with Gasteiger partial charge in [0.25, 0.3) is 0 Å². The van der Waals surface area contributed by atoms with Crippen LogP contribution in [-0.4, -0.2) is 18.0 Å². The van der Waals surface area contributed by atoms with Crippen molar-refractivity contribution in [2.24, 2.45) is 16.6 Å². The van der Waals surface area contributed by atoms with Crippen LogP contribution in [0.2, 0.25) is 0 Å². The summed E-state index contributed by atoms with van der Waals surface area (Å²) in [7, 11) is 0. The van der Waals surface area contributed by atoms with Gasteiger partial charge in [-0.1, -0.05) is 49.9 Å². The van der Waals surface area contributed by atoms with Gasteiger partial charge in [0.05, 0.1) is 6.04 Å². The Morgan fingerprint density at radius 2 is 1.86 bits per heavy atom. The molecule has 0 aliphatic heterocycles. The van der Waals surface area contributed by atoms with Gasteiger partial charge in [0.1, 0.15) is 0 Å². The normalized spacial score (nSPS) is 32.2. The minimum absolute atomic E-state index is 0.429. The molecule has 0 amide bonds. The number of guanidine groups is 1. The van der Waals surface area contributed by atoms with E-state index in [1.54, 1.807) is 0 Å². The summed E-state index contributed by atoms with van der Waals surface area (Å²) < 4.78 is 0. The molecule has 3 aliphatic rings. The van der Waals surface area contributed by atoms with Crippen molar-refractivity contribution in [2.75, 3.05) is 0 Å². The molecule has 0 spiro atoms. The summed E-state index contributed by atoms with van der Waals surface area (Å²) in [5.74, 6) is 2.02. The molecule has 3 unspecified atom stereocenters. The van der Waals surface area contributed by atoms with E-state index >= 15 is 0 Å². The van der Waals surface area contributed by atoms with Crippen LogP contribution in [0.3, 0.4) is 0 Å². The van der Waals surface area contributed by atoms with E-state index in [1.165, 1.54) is 56.1 Å². The quantitative estimate of drug-likeness (QED) is 0.498. The Morgan fingerprint density at radius 1 is 1.10 bits per heavy atom. The van der Waals surface area contributed by atoms with E-state index < -0.39 is 0 Å². The molecule has 3 atom stereocenters. The molecule has 0 radical (unpaired) electrons. The van der Waals surface area contributed by atoms with Gasteiger partial charge in [-0.25, -0.2) is 4.99 Å². The maximum Gasteiger partial charge on any atom is 0.189 e. The highest BCUT2D eigenvalue weighted by atomic mass is 15.1. The topological polar surface area (TPSA) is 50.4 Å². The average molecular weight is 283 g/mol. The first-order valence-electron chi connectivity index (χ1n) is 8.50. The van der Waals surface area contributed by atoms with Gasteiger partial charge in [0, 0.05) is 12.0 Å². The number of hydrogen-bond donors (Lipinski definition) is 2. The molecule has 1 aromatic carbocycles. The first-order chi connectivity index (χ1) is 10.3. The standard InChI is InChI=1S/C18H25N3/c19-18(20-13-8-3-1-2-4-9-13)21-17-15-11-12-7-5-6-10-14(12)16(15)17/h5-7,10,13,15-17H,1-4,8-9,11H2,(H3,19,20,21). The van der Waals surface area contributed by atoms with Crippen molar-refractivity contribution in [3.8, 4) is 0 Å². The largest absolute Gasteiger partial charge is 0.370 e. The van der Waals surface area contributed by atoms with E-state index in [-0.39, 0.29) is 0 Å². The summed E-state index contributed by atoms with van der Waals surface area (Å²) >= 11 is 0. The molecule has 0 saturated heterocycles. The van der Waals surface area contributed by atoms with Crippen molar-refractivity contribution in [1.82, 2.24) is 5.32 Å². The van der Waals surface area contributed by atoms with Crippen LogP contribution in [0.25, 0.3) is 0 Å². The summed E-state index contributed by atoms with van der Waals surface area (Å²) in [6, 6.07) is 9.79. The van der Waals surface area contributed by atoms with Crippen LogP contribution < -0.4 is 11.1 Å². The number of nitrogens with one attached hydrogen (secondary N) is 1. The Bertz CT molecular complexity index is 543. The van der Waals surface area contributed by atoms with Gasteiger partial charge in [-0.05, 0) is 36.3 Å². The molecule has 0 aromatic heterocycles. The third kappa shape index (κ3) is 2.54. The van der Waals surface area contributed by atoms with Crippen molar-refractivity contribution < 1.29 is 0 Å². The fourth-order valence-corrected chi connectivity index (χ4v) is 4.32. The maximum atomic E-state index is 6.16. The van der Waals surface area contributed by atoms with Gasteiger partial charge < -0.3 is 11.1 Å². The average Bonchev–Trinajstić information content (AvgIpc) is 3.09. The zero-order chi connectivity index (χ0) is 14.2. The van der Waals surface area contributed by atoms with Crippen molar-refractivity contribution in [2.45, 2.75) is 62.9 Å². The van der Waals surface area contributed by atoms with Crippen LogP contribution >= 0.6 is 0 Å². The highest BCUT2D eigenvalue weighted by Crippen LogP contribution is 2.58. The van der Waals surface area contributed by atoms with Crippen LogP contribution in [0.1, 0.15) is 55.6 Å². The van der Waals surface area contributed by atoms with E-state index in [1.807, 2.05) is 0 Å². The van der Waals surface area contributed by atoms with Crippen molar-refractivity contribution in [3.05, 3.63) is 35.4 Å². The first-order valence-corrected chi connectivity index (χ1v) is 8.50. The lowest BCUT2D eigenvalue weighted by molar-refractivity contribution is 0.529. The molecular formula is C18H25N3. The second-order valence-corrected chi connectivity index (χ2v) is 6.93. The number of benzene rings is 1. The SMILES string of the molecule is NC(=NC1C2Cc3ccccc3C21)NC1CCCCCC1. The number of nitrogens with two attached hydrogens (primary N) is 1. The lowest BCUT2D eigenvalue weighted by atomic mass is 10.1. The van der Waals surface area contributed by atoms with Crippen LogP contribution in [0.15, 0.2) is 29.3 Å². The molecule has 0 heterocycles. The van der Waals surface area contributed by atoms with Gasteiger partial charge in [-0.15, -0.1) is 0 Å². The Hall–Kier alpha value is -1.51. The van der Waals surface area contributed by atoms with Gasteiger partial charge in [0.15, 0.2) is 5.96 Å². The Labute approximate surface area is 127 Å². The predicted octanol–water partition coefficient (Wildman–Crippen LogP) is 2.95. The van der Waals surface area contributed by atoms with Crippen LogP contribution in [0.4, 0.5) is 0 Å². The molecule has 21 heavy (non-hydrogen) atoms. The minimum atomic E-state index is 0.429. The second-order valence-electron chi connectivity index (χ2n) is 6.93. The predicted molar refractivity (Wildman–Crippen MR) is 86.4 cm³/mol. The third-order valence-electron chi connectivity index (χ3n) is 5.49. The van der Waals surface area contributed by atoms with Crippen molar-refractivity contribution in [1.29, 1.82) is 0 Å². The number of hydrogen-bond acceptors (Lipinski definition) is 1. The molecule has 0 bridgehead atoms. The summed E-state index contributed by atoms with van der Waals surface area (Å²) in [5.41, 5.74) is 9.19. The fraction of sp³-hybridized carbons (Fsp3) is 0.611. The smallest absolute Gasteiger partial charge is 0.189 e. The minimum Gasteiger partial charge on any atom is -0.370 e. The third-order valence-corrected chi connectivity index (χ3v) is 5.49. The second kappa shape index (κ2) is 5.36. The van der Waals surface area contributed by atoms with Crippen LogP contribution in [-0.2, 0) is 6.42 Å². The molecule has 2 fully saturated rings. The molecule has 3 aliphatic carbocycles. The van der Waals surface area contributed by atoms with E-state index in [0.29, 0.717) is 29.9 Å². The van der Waals surface area contributed by atoms with Gasteiger partial charge in [-0.3, -0.25) is 0 Å². The number of aliphatic imine (C=N–C) groups is 1. The lowest BCUT2D eigenvalue weighted by Gasteiger charge is -2.17. The fourth-order valence-electron chi connectivity index (χ4n) is 4.32. The molecule has 3 N–H and O–H groups in total. The van der Waals surface area contributed by atoms with E-state index in [4.69, 9.17) is 10.7 Å². The van der Waals surface area contributed by atoms with Gasteiger partial charge >= 0.3 is 0 Å². The zero-order valence-corrected chi connectivity index (χ0v) is 12.6. The van der Waals surface area contributed by atoms with E-state index in [0.717, 1.165) is 0 Å². The van der Waals surface area contributed by atoms with Gasteiger partial charge in [0.2, 0.25) is 0 Å². The lowest BCUT2D eigenvalue weighted by Crippen LogP contribution is -2.40. The van der Waals surface area contributed by atoms with Crippen LogP contribution in [0.5, 0.6) is 0 Å². The highest BCUT2D eigenvalue weighted by Gasteiger charge is 2.55. The molecule has 4 rings (SSSR count). The molecule has 2 saturated carbocycles. The molecule has 3 heteroatoms. The van der Waals surface area contributed by atoms with E-state index in [2.05, 4.69) is 29.6 Å². The number of rotatable bonds is 2. The van der Waals surface area contributed by atoms with Crippen molar-refractivity contribution >= 4 is 5.96 Å². The van der Waals surface area contributed by atoms with Crippen LogP contribution in [0, 0.1) is 5.92 Å². The highest BCUT2D eigenvalue weighted by molar-refractivity contribution is 5.79. The summed E-state index contributed by atoms with van der Waals surface area (Å²) in [5, 5.41) is 3.47. The first kappa shape index (κ1) is 13.2. The molecule has 3 nitrogen and oxygen atoms in total. The summed E-state index contributed by atoms with van der Waals surface area (Å²) in [4.78, 5) is 4.78. The maximum absolute atomic E-state index is 6.16. The summed E-state index contributed by atoms with van der Waals surface area (Å²) in [6.07, 6.45) is 9.08. The summed E-state index contributed by atoms with van der Waals surface area (Å²) in [6.45, 7) is 0. The monoisotopic (exact) mass is 283 g/mol.